The summed E-state index contributed by atoms with van der Waals surface area (Å²) in [6.07, 6.45) is 3.26. The summed E-state index contributed by atoms with van der Waals surface area (Å²) in [4.78, 5) is 13.4. The SMILES string of the molecule is CCCCNC(c1ccccc1)c1cccc(NC(=O)c2cc(C(F)(F)F)nn2C2=CC(C)(CN)CC=C2)c1. The van der Waals surface area contributed by atoms with Crippen LogP contribution in [0.2, 0.25) is 0 Å². The molecule has 4 rings (SSSR count). The van der Waals surface area contributed by atoms with Crippen molar-refractivity contribution in [3.8, 4) is 0 Å². The number of alkyl halides is 3. The maximum Gasteiger partial charge on any atom is 0.435 e. The van der Waals surface area contributed by atoms with Gasteiger partial charge in [-0.1, -0.05) is 74.9 Å². The van der Waals surface area contributed by atoms with Crippen molar-refractivity contribution in [3.05, 3.63) is 101 Å². The predicted octanol–water partition coefficient (Wildman–Crippen LogP) is 6.40. The van der Waals surface area contributed by atoms with Crippen molar-refractivity contribution >= 4 is 17.3 Å². The molecule has 4 N–H and O–H groups in total. The molecule has 0 fully saturated rings. The summed E-state index contributed by atoms with van der Waals surface area (Å²) in [7, 11) is 0. The first-order valence-electron chi connectivity index (χ1n) is 13.1. The Morgan fingerprint density at radius 2 is 1.87 bits per heavy atom. The minimum absolute atomic E-state index is 0.108. The second-order valence-corrected chi connectivity index (χ2v) is 10.1. The molecule has 0 radical (unpaired) electrons. The van der Waals surface area contributed by atoms with E-state index in [1.807, 2.05) is 61.5 Å². The van der Waals surface area contributed by atoms with Crippen LogP contribution in [0.4, 0.5) is 18.9 Å². The third-order valence-corrected chi connectivity index (χ3v) is 6.80. The van der Waals surface area contributed by atoms with Gasteiger partial charge in [0.1, 0.15) is 5.69 Å². The molecule has 1 heterocycles. The molecule has 1 aliphatic carbocycles. The molecular formula is C30H34F3N5O. The van der Waals surface area contributed by atoms with E-state index >= 15 is 0 Å². The first-order chi connectivity index (χ1) is 18.6. The molecule has 6 nitrogen and oxygen atoms in total. The minimum atomic E-state index is -4.70. The zero-order chi connectivity index (χ0) is 28.0. The standard InChI is InChI=1S/C30H34F3N5O/c1-3-4-16-35-27(21-10-6-5-7-11-21)22-12-8-13-23(17-22)36-28(39)25-18-26(30(31,32)33)37-38(25)24-14-9-15-29(2,19-24)20-34/h5-14,17-19,27,35H,3-4,15-16,20,34H2,1-2H3,(H,36,39). The van der Waals surface area contributed by atoms with E-state index in [0.29, 0.717) is 24.4 Å². The number of carbonyl (C=O) groups is 1. The van der Waals surface area contributed by atoms with Gasteiger partial charge in [0.05, 0.1) is 11.7 Å². The highest BCUT2D eigenvalue weighted by Gasteiger charge is 2.37. The van der Waals surface area contributed by atoms with Crippen LogP contribution in [0.1, 0.15) is 66.5 Å². The monoisotopic (exact) mass is 537 g/mol. The highest BCUT2D eigenvalue weighted by molar-refractivity contribution is 6.04. The van der Waals surface area contributed by atoms with E-state index in [-0.39, 0.29) is 11.7 Å². The smallest absolute Gasteiger partial charge is 0.330 e. The lowest BCUT2D eigenvalue weighted by Gasteiger charge is -2.27. The molecule has 2 unspecified atom stereocenters. The quantitative estimate of drug-likeness (QED) is 0.261. The summed E-state index contributed by atoms with van der Waals surface area (Å²) < 4.78 is 41.9. The van der Waals surface area contributed by atoms with Crippen molar-refractivity contribution in [1.82, 2.24) is 15.1 Å². The molecule has 0 spiro atoms. The Kier molecular flexibility index (Phi) is 8.72. The van der Waals surface area contributed by atoms with Gasteiger partial charge in [0.25, 0.3) is 5.91 Å². The van der Waals surface area contributed by atoms with Crippen LogP contribution in [-0.4, -0.2) is 28.8 Å². The molecule has 1 aromatic heterocycles. The van der Waals surface area contributed by atoms with E-state index in [4.69, 9.17) is 5.73 Å². The lowest BCUT2D eigenvalue weighted by Crippen LogP contribution is -2.27. The maximum absolute atomic E-state index is 13.6. The topological polar surface area (TPSA) is 85.0 Å². The molecular weight excluding hydrogens is 503 g/mol. The Balaban J connectivity index is 1.66. The number of hydrogen-bond acceptors (Lipinski definition) is 4. The number of nitrogens with two attached hydrogens (primary N) is 1. The first kappa shape index (κ1) is 28.3. The Morgan fingerprint density at radius 1 is 1.13 bits per heavy atom. The van der Waals surface area contributed by atoms with Gasteiger partial charge in [-0.3, -0.25) is 4.79 Å². The molecule has 0 saturated carbocycles. The number of nitrogens with zero attached hydrogens (tertiary/aromatic N) is 2. The van der Waals surface area contributed by atoms with Crippen molar-refractivity contribution in [3.63, 3.8) is 0 Å². The lowest BCUT2D eigenvalue weighted by atomic mass is 9.83. The lowest BCUT2D eigenvalue weighted by molar-refractivity contribution is -0.141. The van der Waals surface area contributed by atoms with E-state index in [9.17, 15) is 18.0 Å². The van der Waals surface area contributed by atoms with Gasteiger partial charge in [-0.05, 0) is 48.7 Å². The minimum Gasteiger partial charge on any atom is -0.330 e. The Hall–Kier alpha value is -3.69. The summed E-state index contributed by atoms with van der Waals surface area (Å²) in [5, 5.41) is 10.1. The highest BCUT2D eigenvalue weighted by atomic mass is 19.4. The molecule has 39 heavy (non-hydrogen) atoms. The molecule has 3 aromatic rings. The van der Waals surface area contributed by atoms with Gasteiger partial charge in [-0.15, -0.1) is 0 Å². The van der Waals surface area contributed by atoms with Gasteiger partial charge >= 0.3 is 6.18 Å². The molecule has 0 bridgehead atoms. The number of allylic oxidation sites excluding steroid dienone is 3. The number of benzene rings is 2. The summed E-state index contributed by atoms with van der Waals surface area (Å²) >= 11 is 0. The van der Waals surface area contributed by atoms with Crippen LogP contribution >= 0.6 is 0 Å². The van der Waals surface area contributed by atoms with Gasteiger partial charge in [-0.25, -0.2) is 4.68 Å². The Bertz CT molecular complexity index is 1350. The van der Waals surface area contributed by atoms with Crippen molar-refractivity contribution in [2.45, 2.75) is 45.3 Å². The average Bonchev–Trinajstić information content (AvgIpc) is 3.39. The normalized spacial score (nSPS) is 18.1. The molecule has 0 saturated heterocycles. The summed E-state index contributed by atoms with van der Waals surface area (Å²) in [5.74, 6) is -0.695. The van der Waals surface area contributed by atoms with Gasteiger partial charge in [0.2, 0.25) is 0 Å². The van der Waals surface area contributed by atoms with E-state index in [0.717, 1.165) is 41.3 Å². The number of halogens is 3. The fourth-order valence-electron chi connectivity index (χ4n) is 4.55. The maximum atomic E-state index is 13.6. The number of aromatic nitrogens is 2. The second kappa shape index (κ2) is 12.0. The molecule has 9 heteroatoms. The van der Waals surface area contributed by atoms with E-state index < -0.39 is 23.2 Å². The van der Waals surface area contributed by atoms with Crippen LogP contribution in [0.5, 0.6) is 0 Å². The average molecular weight is 538 g/mol. The number of amides is 1. The van der Waals surface area contributed by atoms with Crippen molar-refractivity contribution < 1.29 is 18.0 Å². The number of unbranched alkanes of at least 4 members (excludes halogenated alkanes) is 1. The van der Waals surface area contributed by atoms with Crippen LogP contribution in [0.3, 0.4) is 0 Å². The number of rotatable bonds is 10. The zero-order valence-corrected chi connectivity index (χ0v) is 22.1. The van der Waals surface area contributed by atoms with E-state index in [1.54, 1.807) is 18.2 Å². The molecule has 206 valence electrons. The summed E-state index contributed by atoms with van der Waals surface area (Å²) in [6.45, 7) is 5.15. The van der Waals surface area contributed by atoms with Crippen LogP contribution < -0.4 is 16.4 Å². The van der Waals surface area contributed by atoms with Crippen LogP contribution in [0.15, 0.2) is 78.9 Å². The van der Waals surface area contributed by atoms with Crippen molar-refractivity contribution in [1.29, 1.82) is 0 Å². The van der Waals surface area contributed by atoms with Gasteiger partial charge in [0, 0.05) is 23.7 Å². The number of anilines is 1. The fraction of sp³-hybridized carbons (Fsp3) is 0.333. The number of hydrogen-bond donors (Lipinski definition) is 3. The van der Waals surface area contributed by atoms with Crippen LogP contribution in [0, 0.1) is 5.41 Å². The largest absolute Gasteiger partial charge is 0.435 e. The number of nitrogens with one attached hydrogen (secondary N) is 2. The van der Waals surface area contributed by atoms with Crippen molar-refractivity contribution in [2.75, 3.05) is 18.4 Å². The molecule has 2 atom stereocenters. The van der Waals surface area contributed by atoms with Gasteiger partial charge < -0.3 is 16.4 Å². The summed E-state index contributed by atoms with van der Waals surface area (Å²) in [5.41, 5.74) is 6.93. The van der Waals surface area contributed by atoms with Gasteiger partial charge in [-0.2, -0.15) is 18.3 Å². The highest BCUT2D eigenvalue weighted by Crippen LogP contribution is 2.34. The zero-order valence-electron chi connectivity index (χ0n) is 22.1. The second-order valence-electron chi connectivity index (χ2n) is 10.1. The van der Waals surface area contributed by atoms with Crippen molar-refractivity contribution in [2.24, 2.45) is 11.1 Å². The Morgan fingerprint density at radius 3 is 2.56 bits per heavy atom. The fourth-order valence-corrected chi connectivity index (χ4v) is 4.55. The molecule has 0 aliphatic heterocycles. The predicted molar refractivity (Wildman–Crippen MR) is 148 cm³/mol. The Labute approximate surface area is 226 Å². The first-order valence-corrected chi connectivity index (χ1v) is 13.1. The summed E-state index contributed by atoms with van der Waals surface area (Å²) in [6, 6.07) is 18.0. The van der Waals surface area contributed by atoms with Gasteiger partial charge in [0.15, 0.2) is 5.69 Å². The third-order valence-electron chi connectivity index (χ3n) is 6.80. The third kappa shape index (κ3) is 6.85. The molecule has 1 aliphatic rings. The number of carbonyl (C=O) groups excluding carboxylic acids is 1. The molecule has 1 amide bonds. The van der Waals surface area contributed by atoms with Crippen LogP contribution in [0.25, 0.3) is 5.70 Å². The van der Waals surface area contributed by atoms with E-state index in [2.05, 4.69) is 22.7 Å². The van der Waals surface area contributed by atoms with Crippen LogP contribution in [-0.2, 0) is 6.18 Å². The van der Waals surface area contributed by atoms with E-state index in [1.165, 1.54) is 0 Å². The molecule has 2 aromatic carbocycles.